The first kappa shape index (κ1) is 15.5. The van der Waals surface area contributed by atoms with Crippen LogP contribution in [0.1, 0.15) is 30.7 Å². The summed E-state index contributed by atoms with van der Waals surface area (Å²) in [7, 11) is 0. The average Bonchev–Trinajstić information content (AvgIpc) is 3.32. The van der Waals surface area contributed by atoms with E-state index in [1.54, 1.807) is 12.4 Å². The number of benzene rings is 1. The Morgan fingerprint density at radius 2 is 1.96 bits per heavy atom. The van der Waals surface area contributed by atoms with E-state index in [0.29, 0.717) is 30.5 Å². The summed E-state index contributed by atoms with van der Waals surface area (Å²) in [5, 5.41) is 7.02. The Labute approximate surface area is 145 Å². The number of nitrogens with one attached hydrogen (secondary N) is 1. The SMILES string of the molecule is O=C(CC1CC1)Nc1ccccc1Cc1nc(-c2ccncc2)no1. The minimum absolute atomic E-state index is 0.0675. The predicted molar refractivity (Wildman–Crippen MR) is 92.7 cm³/mol. The molecule has 0 aliphatic heterocycles. The lowest BCUT2D eigenvalue weighted by Gasteiger charge is -2.09. The highest BCUT2D eigenvalue weighted by atomic mass is 16.5. The van der Waals surface area contributed by atoms with Gasteiger partial charge in [-0.3, -0.25) is 9.78 Å². The number of amides is 1. The molecule has 0 atom stereocenters. The van der Waals surface area contributed by atoms with E-state index in [-0.39, 0.29) is 5.91 Å². The fourth-order valence-corrected chi connectivity index (χ4v) is 2.69. The highest BCUT2D eigenvalue weighted by Crippen LogP contribution is 2.32. The molecule has 0 bridgehead atoms. The van der Waals surface area contributed by atoms with E-state index in [0.717, 1.165) is 29.7 Å². The monoisotopic (exact) mass is 334 g/mol. The lowest BCUT2D eigenvalue weighted by Crippen LogP contribution is -2.13. The van der Waals surface area contributed by atoms with Gasteiger partial charge in [0.1, 0.15) is 0 Å². The summed E-state index contributed by atoms with van der Waals surface area (Å²) in [5.41, 5.74) is 2.62. The molecule has 1 amide bonds. The second-order valence-electron chi connectivity index (χ2n) is 6.28. The molecular formula is C19H18N4O2. The highest BCUT2D eigenvalue weighted by molar-refractivity contribution is 5.91. The van der Waals surface area contributed by atoms with Crippen LogP contribution in [0.25, 0.3) is 11.4 Å². The number of hydrogen-bond acceptors (Lipinski definition) is 5. The minimum atomic E-state index is 0.0675. The van der Waals surface area contributed by atoms with Crippen LogP contribution < -0.4 is 5.32 Å². The number of rotatable bonds is 6. The number of para-hydroxylation sites is 1. The van der Waals surface area contributed by atoms with E-state index < -0.39 is 0 Å². The molecule has 1 aliphatic carbocycles. The maximum atomic E-state index is 12.1. The van der Waals surface area contributed by atoms with Crippen molar-refractivity contribution in [3.05, 3.63) is 60.2 Å². The summed E-state index contributed by atoms with van der Waals surface area (Å²) < 4.78 is 5.36. The van der Waals surface area contributed by atoms with E-state index in [1.165, 1.54) is 0 Å². The van der Waals surface area contributed by atoms with Gasteiger partial charge in [-0.05, 0) is 42.5 Å². The molecule has 0 spiro atoms. The highest BCUT2D eigenvalue weighted by Gasteiger charge is 2.24. The molecule has 0 radical (unpaired) electrons. The van der Waals surface area contributed by atoms with Crippen LogP contribution >= 0.6 is 0 Å². The number of carbonyl (C=O) groups is 1. The van der Waals surface area contributed by atoms with Crippen molar-refractivity contribution in [2.75, 3.05) is 5.32 Å². The number of pyridine rings is 1. The molecule has 6 heteroatoms. The molecule has 4 rings (SSSR count). The summed E-state index contributed by atoms with van der Waals surface area (Å²) in [4.78, 5) is 20.5. The van der Waals surface area contributed by atoms with Gasteiger partial charge in [-0.2, -0.15) is 4.98 Å². The van der Waals surface area contributed by atoms with Crippen molar-refractivity contribution in [3.63, 3.8) is 0 Å². The van der Waals surface area contributed by atoms with Crippen LogP contribution in [0, 0.1) is 5.92 Å². The molecule has 1 fully saturated rings. The van der Waals surface area contributed by atoms with Gasteiger partial charge in [-0.25, -0.2) is 0 Å². The fraction of sp³-hybridized carbons (Fsp3) is 0.263. The molecule has 2 aromatic heterocycles. The maximum absolute atomic E-state index is 12.1. The zero-order valence-corrected chi connectivity index (χ0v) is 13.7. The number of anilines is 1. The maximum Gasteiger partial charge on any atom is 0.231 e. The van der Waals surface area contributed by atoms with Crippen molar-refractivity contribution in [1.29, 1.82) is 0 Å². The Hall–Kier alpha value is -3.02. The number of hydrogen-bond donors (Lipinski definition) is 1. The summed E-state index contributed by atoms with van der Waals surface area (Å²) in [5.74, 6) is 1.67. The quantitative estimate of drug-likeness (QED) is 0.746. The van der Waals surface area contributed by atoms with Crippen molar-refractivity contribution in [2.45, 2.75) is 25.7 Å². The Balaban J connectivity index is 1.49. The molecule has 6 nitrogen and oxygen atoms in total. The van der Waals surface area contributed by atoms with Crippen LogP contribution in [0.4, 0.5) is 5.69 Å². The van der Waals surface area contributed by atoms with Crippen LogP contribution in [0.2, 0.25) is 0 Å². The number of nitrogens with zero attached hydrogens (tertiary/aromatic N) is 3. The molecule has 1 saturated carbocycles. The van der Waals surface area contributed by atoms with E-state index >= 15 is 0 Å². The smallest absolute Gasteiger partial charge is 0.231 e. The number of aromatic nitrogens is 3. The lowest BCUT2D eigenvalue weighted by atomic mass is 10.1. The third-order valence-electron chi connectivity index (χ3n) is 4.21. The van der Waals surface area contributed by atoms with E-state index in [2.05, 4.69) is 20.4 Å². The molecular weight excluding hydrogens is 316 g/mol. The molecule has 1 aromatic carbocycles. The molecule has 1 N–H and O–H groups in total. The summed E-state index contributed by atoms with van der Waals surface area (Å²) >= 11 is 0. The molecule has 2 heterocycles. The summed E-state index contributed by atoms with van der Waals surface area (Å²) in [6.07, 6.45) is 6.77. The van der Waals surface area contributed by atoms with E-state index in [9.17, 15) is 4.79 Å². The molecule has 0 saturated heterocycles. The second kappa shape index (κ2) is 6.84. The van der Waals surface area contributed by atoms with Gasteiger partial charge in [0.15, 0.2) is 0 Å². The van der Waals surface area contributed by atoms with E-state index in [4.69, 9.17) is 4.52 Å². The first-order chi connectivity index (χ1) is 12.3. The normalized spacial score (nSPS) is 13.6. The van der Waals surface area contributed by atoms with Gasteiger partial charge in [0.25, 0.3) is 0 Å². The van der Waals surface area contributed by atoms with Crippen LogP contribution in [0.5, 0.6) is 0 Å². The molecule has 1 aliphatic rings. The standard InChI is InChI=1S/C19H18N4O2/c24-17(11-13-5-6-13)21-16-4-2-1-3-15(16)12-18-22-19(23-25-18)14-7-9-20-10-8-14/h1-4,7-10,13H,5-6,11-12H2,(H,21,24). The minimum Gasteiger partial charge on any atom is -0.339 e. The molecule has 25 heavy (non-hydrogen) atoms. The third-order valence-corrected chi connectivity index (χ3v) is 4.21. The largest absolute Gasteiger partial charge is 0.339 e. The number of carbonyl (C=O) groups excluding carboxylic acids is 1. The second-order valence-corrected chi connectivity index (χ2v) is 6.28. The van der Waals surface area contributed by atoms with Crippen LogP contribution in [0.3, 0.4) is 0 Å². The zero-order chi connectivity index (χ0) is 17.1. The van der Waals surface area contributed by atoms with Crippen LogP contribution in [-0.4, -0.2) is 21.0 Å². The van der Waals surface area contributed by atoms with Crippen molar-refractivity contribution in [1.82, 2.24) is 15.1 Å². The van der Waals surface area contributed by atoms with Gasteiger partial charge in [0.2, 0.25) is 17.6 Å². The lowest BCUT2D eigenvalue weighted by molar-refractivity contribution is -0.116. The predicted octanol–water partition coefficient (Wildman–Crippen LogP) is 3.46. The van der Waals surface area contributed by atoms with Gasteiger partial charge in [0, 0.05) is 30.1 Å². The summed E-state index contributed by atoms with van der Waals surface area (Å²) in [6, 6.07) is 11.4. The van der Waals surface area contributed by atoms with Crippen LogP contribution in [0.15, 0.2) is 53.3 Å². The van der Waals surface area contributed by atoms with Crippen molar-refractivity contribution in [3.8, 4) is 11.4 Å². The van der Waals surface area contributed by atoms with Crippen molar-refractivity contribution in [2.24, 2.45) is 5.92 Å². The Bertz CT molecular complexity index is 872. The first-order valence-corrected chi connectivity index (χ1v) is 8.38. The Morgan fingerprint density at radius 1 is 1.16 bits per heavy atom. The summed E-state index contributed by atoms with van der Waals surface area (Å²) in [6.45, 7) is 0. The van der Waals surface area contributed by atoms with Gasteiger partial charge in [-0.15, -0.1) is 0 Å². The molecule has 0 unspecified atom stereocenters. The third kappa shape index (κ3) is 3.91. The first-order valence-electron chi connectivity index (χ1n) is 8.38. The molecule has 126 valence electrons. The Morgan fingerprint density at radius 3 is 2.76 bits per heavy atom. The fourth-order valence-electron chi connectivity index (χ4n) is 2.69. The molecule has 3 aromatic rings. The van der Waals surface area contributed by atoms with Gasteiger partial charge >= 0.3 is 0 Å². The van der Waals surface area contributed by atoms with Gasteiger partial charge < -0.3 is 9.84 Å². The average molecular weight is 334 g/mol. The van der Waals surface area contributed by atoms with Crippen LogP contribution in [-0.2, 0) is 11.2 Å². The van der Waals surface area contributed by atoms with E-state index in [1.807, 2.05) is 36.4 Å². The topological polar surface area (TPSA) is 80.9 Å². The van der Waals surface area contributed by atoms with Gasteiger partial charge in [0.05, 0.1) is 6.42 Å². The Kier molecular flexibility index (Phi) is 4.24. The van der Waals surface area contributed by atoms with Crippen molar-refractivity contribution >= 4 is 11.6 Å². The zero-order valence-electron chi connectivity index (χ0n) is 13.7. The van der Waals surface area contributed by atoms with Gasteiger partial charge in [-0.1, -0.05) is 23.4 Å². The van der Waals surface area contributed by atoms with Crippen molar-refractivity contribution < 1.29 is 9.32 Å².